The molecule has 1 fully saturated rings. The van der Waals surface area contributed by atoms with Gasteiger partial charge in [-0.25, -0.2) is 13.4 Å². The molecule has 0 N–H and O–H groups in total. The number of hydrogen-bond acceptors (Lipinski definition) is 4. The van der Waals surface area contributed by atoms with E-state index >= 15 is 4.39 Å². The molecule has 29 heavy (non-hydrogen) atoms. The minimum absolute atomic E-state index is 0.100. The highest BCUT2D eigenvalue weighted by atomic mass is 32.2. The molecular weight excluding hydrogens is 387 g/mol. The van der Waals surface area contributed by atoms with Gasteiger partial charge in [0.15, 0.2) is 4.90 Å². The molecule has 2 aromatic carbocycles. The van der Waals surface area contributed by atoms with Crippen molar-refractivity contribution in [3.05, 3.63) is 59.5 Å². The highest BCUT2D eigenvalue weighted by Crippen LogP contribution is 2.39. The molecule has 1 aliphatic rings. The topological polar surface area (TPSA) is 50.3 Å². The molecular formula is C23H25FN2O2S. The van der Waals surface area contributed by atoms with Crippen LogP contribution >= 0.6 is 0 Å². The predicted octanol–water partition coefficient (Wildman–Crippen LogP) is 5.06. The van der Waals surface area contributed by atoms with Gasteiger partial charge in [0.25, 0.3) is 0 Å². The zero-order valence-corrected chi connectivity index (χ0v) is 17.8. The molecule has 0 unspecified atom stereocenters. The zero-order chi connectivity index (χ0) is 20.8. The predicted molar refractivity (Wildman–Crippen MR) is 114 cm³/mol. The summed E-state index contributed by atoms with van der Waals surface area (Å²) in [5.41, 5.74) is 2.76. The molecule has 0 aliphatic carbocycles. The number of fused-ring (bicyclic) bond motifs is 1. The number of anilines is 1. The molecule has 0 spiro atoms. The third-order valence-electron chi connectivity index (χ3n) is 5.94. The molecule has 0 saturated carbocycles. The van der Waals surface area contributed by atoms with Crippen molar-refractivity contribution in [3.63, 3.8) is 0 Å². The van der Waals surface area contributed by atoms with Crippen LogP contribution in [-0.2, 0) is 9.84 Å². The molecule has 152 valence electrons. The Morgan fingerprint density at radius 3 is 2.41 bits per heavy atom. The molecule has 1 aliphatic heterocycles. The number of benzene rings is 2. The smallest absolute Gasteiger partial charge is 0.234 e. The fraction of sp³-hybridized carbons (Fsp3) is 0.348. The Morgan fingerprint density at radius 2 is 1.72 bits per heavy atom. The molecule has 6 heteroatoms. The molecule has 4 nitrogen and oxygen atoms in total. The highest BCUT2D eigenvalue weighted by molar-refractivity contribution is 7.91. The van der Waals surface area contributed by atoms with Crippen LogP contribution in [0.1, 0.15) is 30.9 Å². The number of pyridine rings is 1. The third-order valence-corrected chi connectivity index (χ3v) is 7.71. The van der Waals surface area contributed by atoms with E-state index < -0.39 is 15.8 Å². The van der Waals surface area contributed by atoms with Crippen molar-refractivity contribution in [2.45, 2.75) is 43.4 Å². The molecule has 3 aromatic rings. The minimum atomic E-state index is -4.07. The number of para-hydroxylation sites is 1. The summed E-state index contributed by atoms with van der Waals surface area (Å²) in [5, 5.41) is 0.672. The summed E-state index contributed by atoms with van der Waals surface area (Å²) in [7, 11) is -4.07. The largest absolute Gasteiger partial charge is 0.370 e. The standard InChI is InChI=1S/C23H25FN2O2S/c1-15-10-12-26(13-11-15)21-19-6-4-5-7-20(19)25-23(24)22(21)29(27,28)18-9-8-16(2)17(3)14-18/h4-9,14-15H,10-13H2,1-3H3. The Hall–Kier alpha value is -2.47. The van der Waals surface area contributed by atoms with E-state index in [1.165, 1.54) is 0 Å². The first-order chi connectivity index (χ1) is 13.8. The average molecular weight is 413 g/mol. The summed E-state index contributed by atoms with van der Waals surface area (Å²) in [5.74, 6) is -0.362. The molecule has 2 heterocycles. The Labute approximate surface area is 171 Å². The number of aromatic nitrogens is 1. The van der Waals surface area contributed by atoms with Gasteiger partial charge in [0.1, 0.15) is 0 Å². The summed E-state index contributed by atoms with van der Waals surface area (Å²) in [6.07, 6.45) is 1.89. The normalized spacial score (nSPS) is 15.8. The van der Waals surface area contributed by atoms with Crippen LogP contribution in [0.5, 0.6) is 0 Å². The Kier molecular flexibility index (Phi) is 5.07. The van der Waals surface area contributed by atoms with Gasteiger partial charge in [-0.1, -0.05) is 31.2 Å². The number of sulfone groups is 1. The highest BCUT2D eigenvalue weighted by Gasteiger charge is 2.32. The van der Waals surface area contributed by atoms with Crippen LogP contribution < -0.4 is 4.90 Å². The van der Waals surface area contributed by atoms with E-state index in [4.69, 9.17) is 0 Å². The van der Waals surface area contributed by atoms with Crippen molar-refractivity contribution in [1.29, 1.82) is 0 Å². The fourth-order valence-electron chi connectivity index (χ4n) is 3.93. The fourth-order valence-corrected chi connectivity index (χ4v) is 5.51. The molecule has 0 bridgehead atoms. The van der Waals surface area contributed by atoms with E-state index in [2.05, 4.69) is 11.9 Å². The van der Waals surface area contributed by atoms with E-state index in [0.717, 1.165) is 24.0 Å². The van der Waals surface area contributed by atoms with E-state index in [1.807, 2.05) is 30.9 Å². The number of aryl methyl sites for hydroxylation is 2. The van der Waals surface area contributed by atoms with Gasteiger partial charge in [-0.05, 0) is 61.9 Å². The van der Waals surface area contributed by atoms with Gasteiger partial charge in [0.2, 0.25) is 15.8 Å². The quantitative estimate of drug-likeness (QED) is 0.564. The van der Waals surface area contributed by atoms with Crippen molar-refractivity contribution in [3.8, 4) is 0 Å². The molecule has 1 saturated heterocycles. The molecule has 1 aromatic heterocycles. The zero-order valence-electron chi connectivity index (χ0n) is 16.9. The Morgan fingerprint density at radius 1 is 1.03 bits per heavy atom. The summed E-state index contributed by atoms with van der Waals surface area (Å²) in [6, 6.07) is 12.1. The lowest BCUT2D eigenvalue weighted by Gasteiger charge is -2.34. The van der Waals surface area contributed by atoms with Crippen molar-refractivity contribution in [2.75, 3.05) is 18.0 Å². The van der Waals surface area contributed by atoms with Gasteiger partial charge in [0, 0.05) is 18.5 Å². The third kappa shape index (κ3) is 3.50. The lowest BCUT2D eigenvalue weighted by molar-refractivity contribution is 0.436. The van der Waals surface area contributed by atoms with Gasteiger partial charge in [-0.15, -0.1) is 0 Å². The summed E-state index contributed by atoms with van der Waals surface area (Å²) >= 11 is 0. The van der Waals surface area contributed by atoms with E-state index in [1.54, 1.807) is 30.3 Å². The van der Waals surface area contributed by atoms with Gasteiger partial charge >= 0.3 is 0 Å². The summed E-state index contributed by atoms with van der Waals surface area (Å²) in [4.78, 5) is 5.81. The van der Waals surface area contributed by atoms with Crippen LogP contribution in [0.3, 0.4) is 0 Å². The van der Waals surface area contributed by atoms with Gasteiger partial charge in [0.05, 0.1) is 16.1 Å². The second-order valence-corrected chi connectivity index (χ2v) is 9.90. The van der Waals surface area contributed by atoms with E-state index in [0.29, 0.717) is 35.6 Å². The van der Waals surface area contributed by atoms with E-state index in [9.17, 15) is 8.42 Å². The van der Waals surface area contributed by atoms with Crippen LogP contribution in [0.25, 0.3) is 10.9 Å². The van der Waals surface area contributed by atoms with Crippen LogP contribution in [0.2, 0.25) is 0 Å². The maximum absolute atomic E-state index is 15.3. The van der Waals surface area contributed by atoms with Crippen molar-refractivity contribution < 1.29 is 12.8 Å². The maximum Gasteiger partial charge on any atom is 0.234 e. The van der Waals surface area contributed by atoms with Crippen molar-refractivity contribution >= 4 is 26.4 Å². The van der Waals surface area contributed by atoms with Crippen LogP contribution in [-0.4, -0.2) is 26.5 Å². The monoisotopic (exact) mass is 412 g/mol. The SMILES string of the molecule is Cc1ccc(S(=O)(=O)c2c(F)nc3ccccc3c2N2CCC(C)CC2)cc1C. The maximum atomic E-state index is 15.3. The number of piperidine rings is 1. The lowest BCUT2D eigenvalue weighted by Crippen LogP contribution is -2.34. The molecule has 0 atom stereocenters. The van der Waals surface area contributed by atoms with Gasteiger partial charge in [-0.2, -0.15) is 4.39 Å². The number of halogens is 1. The van der Waals surface area contributed by atoms with Crippen molar-refractivity contribution in [1.82, 2.24) is 4.98 Å². The molecule has 4 rings (SSSR count). The number of hydrogen-bond donors (Lipinski definition) is 0. The Bertz CT molecular complexity index is 1180. The van der Waals surface area contributed by atoms with Gasteiger partial charge < -0.3 is 4.90 Å². The number of nitrogens with zero attached hydrogens (tertiary/aromatic N) is 2. The molecule has 0 amide bonds. The van der Waals surface area contributed by atoms with Crippen molar-refractivity contribution in [2.24, 2.45) is 5.92 Å². The molecule has 0 radical (unpaired) electrons. The number of rotatable bonds is 3. The first kappa shape index (κ1) is 19.8. The van der Waals surface area contributed by atoms with Crippen LogP contribution in [0.15, 0.2) is 52.3 Å². The van der Waals surface area contributed by atoms with Gasteiger partial charge in [-0.3, -0.25) is 0 Å². The van der Waals surface area contributed by atoms with Crippen LogP contribution in [0.4, 0.5) is 10.1 Å². The lowest BCUT2D eigenvalue weighted by atomic mass is 9.98. The Balaban J connectivity index is 1.99. The second-order valence-electron chi connectivity index (χ2n) is 8.02. The summed E-state index contributed by atoms with van der Waals surface area (Å²) < 4.78 is 42.4. The first-order valence-electron chi connectivity index (χ1n) is 9.94. The first-order valence-corrected chi connectivity index (χ1v) is 11.4. The van der Waals surface area contributed by atoms with Crippen LogP contribution in [0, 0.1) is 25.7 Å². The van der Waals surface area contributed by atoms with E-state index in [-0.39, 0.29) is 9.79 Å². The average Bonchev–Trinajstić information content (AvgIpc) is 2.69. The summed E-state index contributed by atoms with van der Waals surface area (Å²) in [6.45, 7) is 7.37. The second kappa shape index (κ2) is 7.41. The minimum Gasteiger partial charge on any atom is -0.370 e.